The lowest BCUT2D eigenvalue weighted by atomic mass is 10.0. The molecule has 1 atom stereocenters. The number of aliphatic hydroxyl groups is 1. The quantitative estimate of drug-likeness (QED) is 0.890. The molecule has 0 aliphatic carbocycles. The van der Waals surface area contributed by atoms with E-state index in [-0.39, 0.29) is 18.5 Å². The fraction of sp³-hybridized carbons (Fsp3) is 0.500. The van der Waals surface area contributed by atoms with Gasteiger partial charge in [0.15, 0.2) is 0 Å². The zero-order chi connectivity index (χ0) is 13.0. The smallest absolute Gasteiger partial charge is 0.129 e. The van der Waals surface area contributed by atoms with Gasteiger partial charge >= 0.3 is 0 Å². The summed E-state index contributed by atoms with van der Waals surface area (Å²) >= 11 is 0. The second-order valence-corrected chi connectivity index (χ2v) is 4.72. The average molecular weight is 248 g/mol. The second kappa shape index (κ2) is 5.94. The van der Waals surface area contributed by atoms with Crippen LogP contribution in [0.5, 0.6) is 0 Å². The van der Waals surface area contributed by atoms with Crippen LogP contribution in [0.4, 0.5) is 4.39 Å². The monoisotopic (exact) mass is 248 g/mol. The molecule has 0 radical (unpaired) electrons. The maximum Gasteiger partial charge on any atom is 0.129 e. The molecule has 1 N–H and O–H groups in total. The van der Waals surface area contributed by atoms with E-state index in [0.717, 1.165) is 25.8 Å². The van der Waals surface area contributed by atoms with Crippen molar-refractivity contribution in [3.63, 3.8) is 0 Å². The third-order valence-corrected chi connectivity index (χ3v) is 3.52. The summed E-state index contributed by atoms with van der Waals surface area (Å²) in [5.41, 5.74) is 0.933. The minimum absolute atomic E-state index is 0.123. The number of likely N-dealkylation sites (tertiary alicyclic amines) is 1. The van der Waals surface area contributed by atoms with Gasteiger partial charge in [-0.25, -0.2) is 4.39 Å². The minimum atomic E-state index is -0.337. The van der Waals surface area contributed by atoms with Crippen LogP contribution in [0.15, 0.2) is 18.2 Å². The van der Waals surface area contributed by atoms with Crippen molar-refractivity contribution in [1.29, 1.82) is 5.26 Å². The summed E-state index contributed by atoms with van der Waals surface area (Å²) in [5.74, 6) is -0.337. The van der Waals surface area contributed by atoms with E-state index in [0.29, 0.717) is 17.7 Å². The van der Waals surface area contributed by atoms with E-state index in [2.05, 4.69) is 4.90 Å². The number of nitrogens with zero attached hydrogens (tertiary/aromatic N) is 2. The number of benzene rings is 1. The molecule has 2 rings (SSSR count). The van der Waals surface area contributed by atoms with Crippen molar-refractivity contribution < 1.29 is 9.50 Å². The van der Waals surface area contributed by atoms with Crippen LogP contribution >= 0.6 is 0 Å². The molecular formula is C14H17FN2O. The molecule has 0 amide bonds. The molecule has 1 aliphatic rings. The van der Waals surface area contributed by atoms with Crippen LogP contribution in [0.1, 0.15) is 30.4 Å². The van der Waals surface area contributed by atoms with Gasteiger partial charge in [-0.3, -0.25) is 4.90 Å². The predicted molar refractivity (Wildman–Crippen MR) is 66.2 cm³/mol. The molecule has 0 unspecified atom stereocenters. The average Bonchev–Trinajstić information content (AvgIpc) is 2.41. The summed E-state index contributed by atoms with van der Waals surface area (Å²) in [5, 5.41) is 18.0. The Morgan fingerprint density at radius 2 is 2.28 bits per heavy atom. The van der Waals surface area contributed by atoms with E-state index in [1.807, 2.05) is 6.07 Å². The maximum atomic E-state index is 13.8. The molecule has 1 aromatic rings. The highest BCUT2D eigenvalue weighted by molar-refractivity contribution is 5.32. The summed E-state index contributed by atoms with van der Waals surface area (Å²) < 4.78 is 13.8. The minimum Gasteiger partial charge on any atom is -0.395 e. The largest absolute Gasteiger partial charge is 0.395 e. The Bertz CT molecular complexity index is 456. The lowest BCUT2D eigenvalue weighted by Crippen LogP contribution is -2.41. The molecule has 96 valence electrons. The molecular weight excluding hydrogens is 231 g/mol. The molecule has 0 saturated carbocycles. The molecule has 4 heteroatoms. The number of hydrogen-bond donors (Lipinski definition) is 1. The third-order valence-electron chi connectivity index (χ3n) is 3.52. The third kappa shape index (κ3) is 2.87. The van der Waals surface area contributed by atoms with Gasteiger partial charge in [-0.15, -0.1) is 0 Å². The second-order valence-electron chi connectivity index (χ2n) is 4.72. The maximum absolute atomic E-state index is 13.8. The topological polar surface area (TPSA) is 47.3 Å². The fourth-order valence-electron chi connectivity index (χ4n) is 2.44. The lowest BCUT2D eigenvalue weighted by Gasteiger charge is -2.34. The first-order valence-corrected chi connectivity index (χ1v) is 6.28. The summed E-state index contributed by atoms with van der Waals surface area (Å²) in [6.45, 7) is 1.52. The lowest BCUT2D eigenvalue weighted by molar-refractivity contribution is 0.0832. The molecule has 0 spiro atoms. The first-order chi connectivity index (χ1) is 8.74. The zero-order valence-corrected chi connectivity index (χ0v) is 10.3. The van der Waals surface area contributed by atoms with Crippen LogP contribution in [0.3, 0.4) is 0 Å². The van der Waals surface area contributed by atoms with Crippen molar-refractivity contribution in [3.05, 3.63) is 35.1 Å². The zero-order valence-electron chi connectivity index (χ0n) is 10.3. The van der Waals surface area contributed by atoms with Crippen LogP contribution in [0.2, 0.25) is 0 Å². The number of hydrogen-bond acceptors (Lipinski definition) is 3. The summed E-state index contributed by atoms with van der Waals surface area (Å²) in [4.78, 5) is 2.12. The van der Waals surface area contributed by atoms with Gasteiger partial charge < -0.3 is 5.11 Å². The Hall–Kier alpha value is -1.44. The molecule has 0 bridgehead atoms. The van der Waals surface area contributed by atoms with Crippen molar-refractivity contribution in [1.82, 2.24) is 4.90 Å². The Kier molecular flexibility index (Phi) is 4.29. The van der Waals surface area contributed by atoms with Crippen molar-refractivity contribution >= 4 is 0 Å². The van der Waals surface area contributed by atoms with E-state index in [1.54, 1.807) is 12.1 Å². The highest BCUT2D eigenvalue weighted by Crippen LogP contribution is 2.20. The van der Waals surface area contributed by atoms with Crippen molar-refractivity contribution in [2.24, 2.45) is 0 Å². The van der Waals surface area contributed by atoms with Gasteiger partial charge in [-0.2, -0.15) is 5.26 Å². The standard InChI is InChI=1S/C14H17FN2O/c15-14-7-11(8-16)4-5-12(14)9-17-6-2-1-3-13(17)10-18/h4-5,7,13,18H,1-3,6,9-10H2/t13-/m0/s1. The van der Waals surface area contributed by atoms with E-state index in [4.69, 9.17) is 5.26 Å². The van der Waals surface area contributed by atoms with Gasteiger partial charge in [-0.05, 0) is 31.5 Å². The Morgan fingerprint density at radius 3 is 2.94 bits per heavy atom. The molecule has 1 heterocycles. The van der Waals surface area contributed by atoms with E-state index in [9.17, 15) is 9.50 Å². The van der Waals surface area contributed by atoms with Gasteiger partial charge in [0.2, 0.25) is 0 Å². The van der Waals surface area contributed by atoms with E-state index >= 15 is 0 Å². The number of nitriles is 1. The van der Waals surface area contributed by atoms with Crippen molar-refractivity contribution in [2.75, 3.05) is 13.2 Å². The van der Waals surface area contributed by atoms with Crippen molar-refractivity contribution in [3.8, 4) is 6.07 Å². The Balaban J connectivity index is 2.10. The molecule has 1 aromatic carbocycles. The van der Waals surface area contributed by atoms with Gasteiger partial charge in [0.25, 0.3) is 0 Å². The van der Waals surface area contributed by atoms with Crippen LogP contribution in [0.25, 0.3) is 0 Å². The number of aliphatic hydroxyl groups excluding tert-OH is 1. The first kappa shape index (κ1) is 13.0. The summed E-state index contributed by atoms with van der Waals surface area (Å²) in [6, 6.07) is 6.63. The summed E-state index contributed by atoms with van der Waals surface area (Å²) in [7, 11) is 0. The predicted octanol–water partition coefficient (Wildman–Crippen LogP) is 2.04. The van der Waals surface area contributed by atoms with Crippen LogP contribution in [-0.4, -0.2) is 29.2 Å². The van der Waals surface area contributed by atoms with Crippen molar-refractivity contribution in [2.45, 2.75) is 31.8 Å². The van der Waals surface area contributed by atoms with Crippen LogP contribution < -0.4 is 0 Å². The fourth-order valence-corrected chi connectivity index (χ4v) is 2.44. The molecule has 1 saturated heterocycles. The number of rotatable bonds is 3. The van der Waals surface area contributed by atoms with Gasteiger partial charge in [0.05, 0.1) is 18.2 Å². The highest BCUT2D eigenvalue weighted by Gasteiger charge is 2.22. The molecule has 1 aliphatic heterocycles. The van der Waals surface area contributed by atoms with E-state index < -0.39 is 0 Å². The molecule has 0 aromatic heterocycles. The van der Waals surface area contributed by atoms with Gasteiger partial charge in [0.1, 0.15) is 5.82 Å². The Labute approximate surface area is 106 Å². The summed E-state index contributed by atoms with van der Waals surface area (Å²) in [6.07, 6.45) is 3.18. The molecule has 3 nitrogen and oxygen atoms in total. The number of piperidine rings is 1. The van der Waals surface area contributed by atoms with Crippen LogP contribution in [0, 0.1) is 17.1 Å². The first-order valence-electron chi connectivity index (χ1n) is 6.28. The van der Waals surface area contributed by atoms with E-state index in [1.165, 1.54) is 6.07 Å². The normalized spacial score (nSPS) is 20.6. The number of halogens is 1. The SMILES string of the molecule is N#Cc1ccc(CN2CCCC[C@H]2CO)c(F)c1. The van der Waals surface area contributed by atoms with Crippen LogP contribution in [-0.2, 0) is 6.54 Å². The Morgan fingerprint density at radius 1 is 1.44 bits per heavy atom. The molecule has 1 fully saturated rings. The highest BCUT2D eigenvalue weighted by atomic mass is 19.1. The molecule has 18 heavy (non-hydrogen) atoms. The van der Waals surface area contributed by atoms with Gasteiger partial charge in [-0.1, -0.05) is 12.5 Å². The van der Waals surface area contributed by atoms with Gasteiger partial charge in [0, 0.05) is 18.2 Å².